The molecule has 1 aromatic heterocycles. The minimum absolute atomic E-state index is 0.198. The molecule has 1 aromatic carbocycles. The number of hydrogen-bond acceptors (Lipinski definition) is 3. The maximum atomic E-state index is 12.7. The molecule has 1 heterocycles. The second kappa shape index (κ2) is 5.87. The predicted octanol–water partition coefficient (Wildman–Crippen LogP) is 2.89. The van der Waals surface area contributed by atoms with Crippen molar-refractivity contribution in [2.45, 2.75) is 24.8 Å². The Bertz CT molecular complexity index is 729. The van der Waals surface area contributed by atoms with Gasteiger partial charge in [0.1, 0.15) is 6.10 Å². The molecule has 0 bridgehead atoms. The molecule has 1 N–H and O–H groups in total. The largest absolute Gasteiger partial charge is 0.386 e. The average molecular weight is 305 g/mol. The number of hydrogen-bond donors (Lipinski definition) is 1. The summed E-state index contributed by atoms with van der Waals surface area (Å²) in [5.74, 6) is -0.244. The van der Waals surface area contributed by atoms with Crippen LogP contribution in [0, 0.1) is 12.8 Å². The van der Waals surface area contributed by atoms with Gasteiger partial charge in [-0.3, -0.25) is 0 Å². The Hall–Kier alpha value is -1.85. The third-order valence-electron chi connectivity index (χ3n) is 3.49. The standard InChI is InChI=1S/C16H19NO3S/c1-4-13(3)16(18)15-6-5-11-17(15)21(19,20)14-9-7-12(2)8-10-14/h4-11,13,16,18H,1H2,2-3H3. The Balaban J connectivity index is 2.49. The van der Waals surface area contributed by atoms with Crippen molar-refractivity contribution < 1.29 is 13.5 Å². The topological polar surface area (TPSA) is 59.3 Å². The third-order valence-corrected chi connectivity index (χ3v) is 5.21. The lowest BCUT2D eigenvalue weighted by molar-refractivity contribution is 0.134. The van der Waals surface area contributed by atoms with E-state index in [9.17, 15) is 13.5 Å². The van der Waals surface area contributed by atoms with Crippen LogP contribution in [0.3, 0.4) is 0 Å². The van der Waals surface area contributed by atoms with Crippen LogP contribution in [0.5, 0.6) is 0 Å². The summed E-state index contributed by atoms with van der Waals surface area (Å²) in [6.45, 7) is 7.31. The van der Waals surface area contributed by atoms with Gasteiger partial charge in [0.15, 0.2) is 0 Å². The van der Waals surface area contributed by atoms with E-state index in [1.54, 1.807) is 49.4 Å². The molecule has 0 spiro atoms. The smallest absolute Gasteiger partial charge is 0.267 e. The summed E-state index contributed by atoms with van der Waals surface area (Å²) in [7, 11) is -3.71. The summed E-state index contributed by atoms with van der Waals surface area (Å²) in [6.07, 6.45) is 2.13. The molecule has 2 unspecified atom stereocenters. The molecular weight excluding hydrogens is 286 g/mol. The number of benzene rings is 1. The van der Waals surface area contributed by atoms with Crippen LogP contribution in [-0.4, -0.2) is 17.5 Å². The van der Waals surface area contributed by atoms with E-state index in [0.29, 0.717) is 5.69 Å². The lowest BCUT2D eigenvalue weighted by atomic mass is 10.0. The maximum Gasteiger partial charge on any atom is 0.267 e. The van der Waals surface area contributed by atoms with Gasteiger partial charge in [0.2, 0.25) is 0 Å². The molecule has 21 heavy (non-hydrogen) atoms. The molecule has 5 heteroatoms. The molecule has 112 valence electrons. The summed E-state index contributed by atoms with van der Waals surface area (Å²) in [5, 5.41) is 10.3. The molecule has 2 aromatic rings. The Labute approximate surface area is 125 Å². The lowest BCUT2D eigenvalue weighted by Gasteiger charge is -2.18. The highest BCUT2D eigenvalue weighted by atomic mass is 32.2. The minimum Gasteiger partial charge on any atom is -0.386 e. The van der Waals surface area contributed by atoms with E-state index in [0.717, 1.165) is 9.54 Å². The Morgan fingerprint density at radius 3 is 2.43 bits per heavy atom. The molecule has 2 atom stereocenters. The van der Waals surface area contributed by atoms with Crippen molar-refractivity contribution in [2.75, 3.05) is 0 Å². The van der Waals surface area contributed by atoms with Crippen LogP contribution in [0.15, 0.2) is 60.1 Å². The third kappa shape index (κ3) is 2.94. The van der Waals surface area contributed by atoms with E-state index < -0.39 is 16.1 Å². The predicted molar refractivity (Wildman–Crippen MR) is 82.5 cm³/mol. The Kier molecular flexibility index (Phi) is 4.34. The highest BCUT2D eigenvalue weighted by Crippen LogP contribution is 2.26. The van der Waals surface area contributed by atoms with Gasteiger partial charge in [0, 0.05) is 12.1 Å². The molecule has 0 fully saturated rings. The molecule has 0 aliphatic heterocycles. The number of aryl methyl sites for hydroxylation is 1. The quantitative estimate of drug-likeness (QED) is 0.864. The van der Waals surface area contributed by atoms with E-state index in [-0.39, 0.29) is 10.8 Å². The number of aliphatic hydroxyl groups excluding tert-OH is 1. The fourth-order valence-corrected chi connectivity index (χ4v) is 3.43. The molecule has 0 amide bonds. The molecule has 0 aliphatic rings. The first kappa shape index (κ1) is 15.5. The summed E-state index contributed by atoms with van der Waals surface area (Å²) in [4.78, 5) is 0.198. The first-order chi connectivity index (χ1) is 9.87. The highest BCUT2D eigenvalue weighted by molar-refractivity contribution is 7.90. The maximum absolute atomic E-state index is 12.7. The molecule has 2 rings (SSSR count). The SMILES string of the molecule is C=CC(C)C(O)c1cccn1S(=O)(=O)c1ccc(C)cc1. The van der Waals surface area contributed by atoms with Crippen molar-refractivity contribution in [3.8, 4) is 0 Å². The van der Waals surface area contributed by atoms with Crippen molar-refractivity contribution in [3.63, 3.8) is 0 Å². The number of aromatic nitrogens is 1. The number of rotatable bonds is 5. The monoisotopic (exact) mass is 305 g/mol. The fourth-order valence-electron chi connectivity index (χ4n) is 2.05. The van der Waals surface area contributed by atoms with Crippen molar-refractivity contribution >= 4 is 10.0 Å². The van der Waals surface area contributed by atoms with Crippen LogP contribution >= 0.6 is 0 Å². The molecular formula is C16H19NO3S. The van der Waals surface area contributed by atoms with E-state index in [1.165, 1.54) is 6.20 Å². The Morgan fingerprint density at radius 2 is 1.86 bits per heavy atom. The normalized spacial score (nSPS) is 14.6. The summed E-state index contributed by atoms with van der Waals surface area (Å²) in [6, 6.07) is 9.85. The zero-order valence-electron chi connectivity index (χ0n) is 12.1. The van der Waals surface area contributed by atoms with Gasteiger partial charge in [-0.1, -0.05) is 30.7 Å². The van der Waals surface area contributed by atoms with Crippen LogP contribution in [0.1, 0.15) is 24.3 Å². The second-order valence-electron chi connectivity index (χ2n) is 5.09. The minimum atomic E-state index is -3.71. The van der Waals surface area contributed by atoms with Gasteiger partial charge in [0.05, 0.1) is 10.6 Å². The summed E-state index contributed by atoms with van der Waals surface area (Å²) < 4.78 is 26.5. The zero-order chi connectivity index (χ0) is 15.6. The van der Waals surface area contributed by atoms with Crippen LogP contribution in [0.25, 0.3) is 0 Å². The number of aliphatic hydroxyl groups is 1. The summed E-state index contributed by atoms with van der Waals surface area (Å²) in [5.41, 5.74) is 1.32. The summed E-state index contributed by atoms with van der Waals surface area (Å²) >= 11 is 0. The van der Waals surface area contributed by atoms with Crippen molar-refractivity contribution in [2.24, 2.45) is 5.92 Å². The first-order valence-electron chi connectivity index (χ1n) is 6.68. The molecule has 4 nitrogen and oxygen atoms in total. The molecule has 0 radical (unpaired) electrons. The van der Waals surface area contributed by atoms with E-state index in [1.807, 2.05) is 6.92 Å². The molecule has 0 saturated carbocycles. The van der Waals surface area contributed by atoms with Gasteiger partial charge >= 0.3 is 0 Å². The van der Waals surface area contributed by atoms with E-state index in [4.69, 9.17) is 0 Å². The average Bonchev–Trinajstić information content (AvgIpc) is 2.96. The Morgan fingerprint density at radius 1 is 1.24 bits per heavy atom. The highest BCUT2D eigenvalue weighted by Gasteiger charge is 2.24. The van der Waals surface area contributed by atoms with Gasteiger partial charge < -0.3 is 5.11 Å². The van der Waals surface area contributed by atoms with Gasteiger partial charge in [-0.2, -0.15) is 0 Å². The van der Waals surface area contributed by atoms with Crippen LogP contribution in [-0.2, 0) is 10.0 Å². The molecule has 0 aliphatic carbocycles. The fraction of sp³-hybridized carbons (Fsp3) is 0.250. The van der Waals surface area contributed by atoms with E-state index in [2.05, 4.69) is 6.58 Å². The van der Waals surface area contributed by atoms with Crippen LogP contribution < -0.4 is 0 Å². The van der Waals surface area contributed by atoms with Gasteiger partial charge in [0.25, 0.3) is 10.0 Å². The van der Waals surface area contributed by atoms with Gasteiger partial charge in [-0.05, 0) is 31.2 Å². The van der Waals surface area contributed by atoms with Gasteiger partial charge in [-0.15, -0.1) is 6.58 Å². The van der Waals surface area contributed by atoms with E-state index >= 15 is 0 Å². The van der Waals surface area contributed by atoms with Crippen molar-refractivity contribution in [1.29, 1.82) is 0 Å². The zero-order valence-corrected chi connectivity index (χ0v) is 12.9. The molecule has 0 saturated heterocycles. The lowest BCUT2D eigenvalue weighted by Crippen LogP contribution is -2.19. The van der Waals surface area contributed by atoms with Crippen LogP contribution in [0.2, 0.25) is 0 Å². The van der Waals surface area contributed by atoms with Crippen molar-refractivity contribution in [3.05, 3.63) is 66.5 Å². The van der Waals surface area contributed by atoms with Crippen LogP contribution in [0.4, 0.5) is 0 Å². The van der Waals surface area contributed by atoms with Crippen molar-refractivity contribution in [1.82, 2.24) is 3.97 Å². The first-order valence-corrected chi connectivity index (χ1v) is 8.12. The second-order valence-corrected chi connectivity index (χ2v) is 6.90. The number of nitrogens with zero attached hydrogens (tertiary/aromatic N) is 1. The van der Waals surface area contributed by atoms with Gasteiger partial charge in [-0.25, -0.2) is 12.4 Å².